The first-order valence-electron chi connectivity index (χ1n) is 6.42. The second-order valence-corrected chi connectivity index (χ2v) is 4.88. The van der Waals surface area contributed by atoms with E-state index in [0.29, 0.717) is 0 Å². The molecule has 6 heteroatoms. The second kappa shape index (κ2) is 5.77. The van der Waals surface area contributed by atoms with Crippen LogP contribution in [0.4, 0.5) is 19.0 Å². The van der Waals surface area contributed by atoms with Gasteiger partial charge in [0.25, 0.3) is 0 Å². The van der Waals surface area contributed by atoms with Crippen LogP contribution in [0.15, 0.2) is 18.3 Å². The minimum absolute atomic E-state index is 0.00293. The predicted molar refractivity (Wildman–Crippen MR) is 65.7 cm³/mol. The molecule has 0 radical (unpaired) electrons. The molecule has 1 heterocycles. The summed E-state index contributed by atoms with van der Waals surface area (Å²) in [5.74, 6) is -0.141. The molecule has 0 bridgehead atoms. The summed E-state index contributed by atoms with van der Waals surface area (Å²) in [7, 11) is 0. The molecule has 2 atom stereocenters. The van der Waals surface area contributed by atoms with Gasteiger partial charge < -0.3 is 10.4 Å². The quantitative estimate of drug-likeness (QED) is 0.890. The van der Waals surface area contributed by atoms with Crippen LogP contribution in [0, 0.1) is 5.92 Å². The van der Waals surface area contributed by atoms with E-state index in [-0.39, 0.29) is 24.4 Å². The van der Waals surface area contributed by atoms with Crippen LogP contribution >= 0.6 is 0 Å². The van der Waals surface area contributed by atoms with E-state index in [1.807, 2.05) is 0 Å². The normalized spacial score (nSPS) is 24.2. The van der Waals surface area contributed by atoms with Gasteiger partial charge in [-0.15, -0.1) is 0 Å². The number of nitrogens with zero attached hydrogens (tertiary/aromatic N) is 1. The van der Waals surface area contributed by atoms with Gasteiger partial charge in [0.15, 0.2) is 0 Å². The van der Waals surface area contributed by atoms with Gasteiger partial charge in [-0.2, -0.15) is 13.2 Å². The molecule has 106 valence electrons. The summed E-state index contributed by atoms with van der Waals surface area (Å²) < 4.78 is 38.6. The fourth-order valence-corrected chi connectivity index (χ4v) is 2.54. The highest BCUT2D eigenvalue weighted by molar-refractivity contribution is 5.46. The first-order valence-corrected chi connectivity index (χ1v) is 6.42. The molecular formula is C13H17F3N2O. The van der Waals surface area contributed by atoms with Crippen LogP contribution in [0.2, 0.25) is 0 Å². The van der Waals surface area contributed by atoms with Crippen LogP contribution in [0.3, 0.4) is 0 Å². The van der Waals surface area contributed by atoms with Gasteiger partial charge in [0.05, 0.1) is 5.56 Å². The molecule has 2 unspecified atom stereocenters. The van der Waals surface area contributed by atoms with Crippen LogP contribution in [-0.2, 0) is 6.18 Å². The van der Waals surface area contributed by atoms with E-state index in [1.165, 1.54) is 12.3 Å². The number of hydrogen-bond donors (Lipinski definition) is 2. The standard InChI is InChI=1S/C13H17F3N2O/c14-13(15,16)10-5-3-7-17-12(10)18-11-6-2-1-4-9(11)8-19/h3,5,7,9,11,19H,1-2,4,6,8H2,(H,17,18). The maximum absolute atomic E-state index is 12.9. The predicted octanol–water partition coefficient (Wildman–Crippen LogP) is 3.06. The molecule has 0 spiro atoms. The zero-order valence-corrected chi connectivity index (χ0v) is 10.5. The molecule has 0 saturated heterocycles. The lowest BCUT2D eigenvalue weighted by Crippen LogP contribution is -2.35. The number of pyridine rings is 1. The molecule has 2 rings (SSSR count). The number of halogens is 3. The monoisotopic (exact) mass is 274 g/mol. The van der Waals surface area contributed by atoms with Crippen molar-refractivity contribution in [3.63, 3.8) is 0 Å². The van der Waals surface area contributed by atoms with E-state index < -0.39 is 11.7 Å². The summed E-state index contributed by atoms with van der Waals surface area (Å²) in [6, 6.07) is 2.15. The molecule has 19 heavy (non-hydrogen) atoms. The fourth-order valence-electron chi connectivity index (χ4n) is 2.54. The van der Waals surface area contributed by atoms with E-state index >= 15 is 0 Å². The highest BCUT2D eigenvalue weighted by atomic mass is 19.4. The number of rotatable bonds is 3. The zero-order chi connectivity index (χ0) is 13.9. The number of anilines is 1. The Kier molecular flexibility index (Phi) is 4.29. The van der Waals surface area contributed by atoms with E-state index in [1.54, 1.807) is 0 Å². The third-order valence-electron chi connectivity index (χ3n) is 3.58. The van der Waals surface area contributed by atoms with Crippen molar-refractivity contribution in [1.29, 1.82) is 0 Å². The van der Waals surface area contributed by atoms with Gasteiger partial charge in [0.2, 0.25) is 0 Å². The molecule has 0 aliphatic heterocycles. The van der Waals surface area contributed by atoms with Gasteiger partial charge >= 0.3 is 6.18 Å². The molecule has 0 amide bonds. The zero-order valence-electron chi connectivity index (χ0n) is 10.5. The first kappa shape index (κ1) is 14.1. The molecule has 1 fully saturated rings. The van der Waals surface area contributed by atoms with Crippen molar-refractivity contribution in [2.45, 2.75) is 37.9 Å². The molecule has 1 aliphatic carbocycles. The Morgan fingerprint density at radius 2 is 2.05 bits per heavy atom. The maximum atomic E-state index is 12.9. The minimum atomic E-state index is -4.42. The second-order valence-electron chi connectivity index (χ2n) is 4.88. The molecular weight excluding hydrogens is 257 g/mol. The van der Waals surface area contributed by atoms with Crippen LogP contribution in [-0.4, -0.2) is 22.7 Å². The van der Waals surface area contributed by atoms with Gasteiger partial charge in [-0.1, -0.05) is 12.8 Å². The lowest BCUT2D eigenvalue weighted by atomic mass is 9.85. The number of hydrogen-bond acceptors (Lipinski definition) is 3. The number of aliphatic hydroxyl groups is 1. The summed E-state index contributed by atoms with van der Waals surface area (Å²) in [6.45, 7) is -0.00808. The van der Waals surface area contributed by atoms with E-state index in [4.69, 9.17) is 0 Å². The molecule has 1 aromatic heterocycles. The SMILES string of the molecule is OCC1CCCCC1Nc1ncccc1C(F)(F)F. The highest BCUT2D eigenvalue weighted by Crippen LogP contribution is 2.35. The third kappa shape index (κ3) is 3.37. The van der Waals surface area contributed by atoms with Gasteiger partial charge in [0.1, 0.15) is 5.82 Å². The van der Waals surface area contributed by atoms with Crippen molar-refractivity contribution >= 4 is 5.82 Å². The summed E-state index contributed by atoms with van der Waals surface area (Å²) in [5.41, 5.74) is -0.753. The van der Waals surface area contributed by atoms with Gasteiger partial charge in [-0.05, 0) is 25.0 Å². The molecule has 3 nitrogen and oxygen atoms in total. The summed E-state index contributed by atoms with van der Waals surface area (Å²) >= 11 is 0. The average molecular weight is 274 g/mol. The largest absolute Gasteiger partial charge is 0.419 e. The van der Waals surface area contributed by atoms with Crippen LogP contribution in [0.25, 0.3) is 0 Å². The molecule has 2 N–H and O–H groups in total. The average Bonchev–Trinajstić information content (AvgIpc) is 2.39. The van der Waals surface area contributed by atoms with Crippen molar-refractivity contribution in [3.05, 3.63) is 23.9 Å². The number of aromatic nitrogens is 1. The van der Waals surface area contributed by atoms with Gasteiger partial charge in [0, 0.05) is 24.8 Å². The van der Waals surface area contributed by atoms with Gasteiger partial charge in [-0.25, -0.2) is 4.98 Å². The molecule has 1 aliphatic rings. The molecule has 1 aromatic rings. The van der Waals surface area contributed by atoms with Crippen molar-refractivity contribution in [2.24, 2.45) is 5.92 Å². The smallest absolute Gasteiger partial charge is 0.396 e. The Morgan fingerprint density at radius 1 is 1.32 bits per heavy atom. The highest BCUT2D eigenvalue weighted by Gasteiger charge is 2.35. The maximum Gasteiger partial charge on any atom is 0.419 e. The topological polar surface area (TPSA) is 45.1 Å². The van der Waals surface area contributed by atoms with Crippen molar-refractivity contribution in [3.8, 4) is 0 Å². The van der Waals surface area contributed by atoms with Crippen molar-refractivity contribution in [2.75, 3.05) is 11.9 Å². The van der Waals surface area contributed by atoms with E-state index in [9.17, 15) is 18.3 Å². The van der Waals surface area contributed by atoms with Crippen LogP contribution in [0.5, 0.6) is 0 Å². The Morgan fingerprint density at radius 3 is 2.74 bits per heavy atom. The lowest BCUT2D eigenvalue weighted by molar-refractivity contribution is -0.137. The van der Waals surface area contributed by atoms with E-state index in [0.717, 1.165) is 31.7 Å². The summed E-state index contributed by atoms with van der Waals surface area (Å²) in [6.07, 6.45) is 0.496. The molecule has 0 aromatic carbocycles. The first-order chi connectivity index (χ1) is 9.02. The van der Waals surface area contributed by atoms with Crippen LogP contribution in [0.1, 0.15) is 31.2 Å². The number of aliphatic hydroxyl groups excluding tert-OH is 1. The Labute approximate surface area is 109 Å². The van der Waals surface area contributed by atoms with Crippen molar-refractivity contribution < 1.29 is 18.3 Å². The van der Waals surface area contributed by atoms with Crippen molar-refractivity contribution in [1.82, 2.24) is 4.98 Å². The third-order valence-corrected chi connectivity index (χ3v) is 3.58. The number of nitrogens with one attached hydrogen (secondary N) is 1. The molecule has 1 saturated carbocycles. The Hall–Kier alpha value is -1.30. The Bertz CT molecular complexity index is 423. The van der Waals surface area contributed by atoms with Gasteiger partial charge in [-0.3, -0.25) is 0 Å². The fraction of sp³-hybridized carbons (Fsp3) is 0.615. The van der Waals surface area contributed by atoms with E-state index in [2.05, 4.69) is 10.3 Å². The minimum Gasteiger partial charge on any atom is -0.396 e. The summed E-state index contributed by atoms with van der Waals surface area (Å²) in [5, 5.41) is 12.2. The Balaban J connectivity index is 2.18. The number of alkyl halides is 3. The summed E-state index contributed by atoms with van der Waals surface area (Å²) in [4.78, 5) is 3.80. The lowest BCUT2D eigenvalue weighted by Gasteiger charge is -2.31. The van der Waals surface area contributed by atoms with Crippen LogP contribution < -0.4 is 5.32 Å².